The van der Waals surface area contributed by atoms with Crippen molar-refractivity contribution in [1.82, 2.24) is 0 Å². The van der Waals surface area contributed by atoms with E-state index in [2.05, 4.69) is 254 Å². The standard InChI is InChI=1S/C63H41NO2/c1-3-17-42(18-4-1)49-21-7-9-23-51(49)44-31-35-46(36-32-44)64(47-37-33-45(34-38-47)52-24-10-8-22-50(52)43-19-5-2-6-20-43)48-39-40-59-55(41-48)61-62(66-59)63(58-29-15-16-30-60(58)65-61)56-27-13-11-25-53(56)54-26-12-14-28-57(54)63/h1-41H. The van der Waals surface area contributed by atoms with E-state index in [0.717, 1.165) is 62.0 Å². The first kappa shape index (κ1) is 37.9. The van der Waals surface area contributed by atoms with Gasteiger partial charge in [-0.1, -0.05) is 200 Å². The molecule has 0 saturated heterocycles. The van der Waals surface area contributed by atoms with E-state index in [4.69, 9.17) is 9.15 Å². The van der Waals surface area contributed by atoms with Gasteiger partial charge in [-0.3, -0.25) is 0 Å². The minimum absolute atomic E-state index is 0.687. The summed E-state index contributed by atoms with van der Waals surface area (Å²) in [5, 5.41) is 0.921. The Morgan fingerprint density at radius 3 is 1.21 bits per heavy atom. The number of para-hydroxylation sites is 1. The highest BCUT2D eigenvalue weighted by molar-refractivity contribution is 5.97. The summed E-state index contributed by atoms with van der Waals surface area (Å²) in [6.45, 7) is 0. The van der Waals surface area contributed by atoms with Crippen LogP contribution in [0, 0.1) is 0 Å². The molecule has 0 amide bonds. The average molecular weight is 844 g/mol. The van der Waals surface area contributed by atoms with Crippen LogP contribution in [0.25, 0.3) is 66.6 Å². The summed E-state index contributed by atoms with van der Waals surface area (Å²) in [5.41, 5.74) is 18.5. The van der Waals surface area contributed by atoms with Crippen LogP contribution in [0.15, 0.2) is 253 Å². The fraction of sp³-hybridized carbons (Fsp3) is 0.0159. The van der Waals surface area contributed by atoms with Gasteiger partial charge in [0.05, 0.1) is 5.39 Å². The summed E-state index contributed by atoms with van der Waals surface area (Å²) in [7, 11) is 0. The Balaban J connectivity index is 0.976. The maximum absolute atomic E-state index is 7.13. The lowest BCUT2D eigenvalue weighted by Gasteiger charge is -2.36. The highest BCUT2D eigenvalue weighted by Crippen LogP contribution is 2.64. The van der Waals surface area contributed by atoms with Crippen molar-refractivity contribution in [3.63, 3.8) is 0 Å². The first-order valence-corrected chi connectivity index (χ1v) is 22.6. The SMILES string of the molecule is c1ccc(-c2ccccc2-c2ccc(N(c3ccc(-c4ccccc4-c4ccccc4)cc3)c3ccc4oc5c(c4c3)Oc3ccccc3C53c4ccccc4-c4ccccc43)cc2)cc1. The van der Waals surface area contributed by atoms with E-state index in [1.807, 2.05) is 0 Å². The average Bonchev–Trinajstić information content (AvgIpc) is 3.91. The van der Waals surface area contributed by atoms with Crippen molar-refractivity contribution < 1.29 is 9.15 Å². The molecule has 0 unspecified atom stereocenters. The van der Waals surface area contributed by atoms with Gasteiger partial charge >= 0.3 is 0 Å². The fourth-order valence-electron chi connectivity index (χ4n) is 10.7. The maximum Gasteiger partial charge on any atom is 0.178 e. The number of benzene rings is 10. The second-order valence-corrected chi connectivity index (χ2v) is 17.1. The van der Waals surface area contributed by atoms with Gasteiger partial charge in [0.25, 0.3) is 0 Å². The topological polar surface area (TPSA) is 25.6 Å². The predicted molar refractivity (Wildman–Crippen MR) is 270 cm³/mol. The van der Waals surface area contributed by atoms with Gasteiger partial charge in [0.1, 0.15) is 16.7 Å². The zero-order valence-corrected chi connectivity index (χ0v) is 35.9. The highest BCUT2D eigenvalue weighted by atomic mass is 16.5. The van der Waals surface area contributed by atoms with Gasteiger partial charge in [0.2, 0.25) is 0 Å². The second-order valence-electron chi connectivity index (χ2n) is 17.1. The van der Waals surface area contributed by atoms with Crippen LogP contribution in [0.3, 0.4) is 0 Å². The van der Waals surface area contributed by atoms with E-state index in [1.165, 1.54) is 55.6 Å². The third-order valence-electron chi connectivity index (χ3n) is 13.6. The molecule has 11 aromatic rings. The van der Waals surface area contributed by atoms with E-state index in [1.54, 1.807) is 0 Å². The number of rotatable bonds is 7. The third kappa shape index (κ3) is 5.84. The molecule has 1 aliphatic heterocycles. The van der Waals surface area contributed by atoms with Crippen molar-refractivity contribution in [2.45, 2.75) is 5.41 Å². The Hall–Kier alpha value is -8.66. The molecule has 2 heterocycles. The maximum atomic E-state index is 7.13. The van der Waals surface area contributed by atoms with Gasteiger partial charge in [-0.2, -0.15) is 0 Å². The van der Waals surface area contributed by atoms with Crippen molar-refractivity contribution in [3.8, 4) is 67.1 Å². The summed E-state index contributed by atoms with van der Waals surface area (Å²) in [6.07, 6.45) is 0. The Kier molecular flexibility index (Phi) is 8.75. The quantitative estimate of drug-likeness (QED) is 0.160. The number of furan rings is 1. The first-order valence-electron chi connectivity index (χ1n) is 22.6. The van der Waals surface area contributed by atoms with Gasteiger partial charge in [-0.05, 0) is 115 Å². The molecule has 0 bridgehead atoms. The molecule has 2 aliphatic rings. The lowest BCUT2D eigenvalue weighted by molar-refractivity contribution is 0.389. The van der Waals surface area contributed by atoms with Gasteiger partial charge in [0, 0.05) is 22.6 Å². The number of anilines is 3. The normalized spacial score (nSPS) is 12.8. The Labute approximate surface area is 384 Å². The zero-order valence-electron chi connectivity index (χ0n) is 35.9. The molecule has 3 heteroatoms. The number of hydrogen-bond acceptors (Lipinski definition) is 3. The molecule has 66 heavy (non-hydrogen) atoms. The number of fused-ring (bicyclic) bond motifs is 11. The minimum Gasteiger partial charge on any atom is -0.455 e. The number of hydrogen-bond donors (Lipinski definition) is 0. The van der Waals surface area contributed by atoms with Crippen LogP contribution in [0.4, 0.5) is 17.1 Å². The summed E-state index contributed by atoms with van der Waals surface area (Å²) < 4.78 is 14.1. The number of nitrogens with zero attached hydrogens (tertiary/aromatic N) is 1. The highest BCUT2D eigenvalue weighted by Gasteiger charge is 2.54. The van der Waals surface area contributed by atoms with E-state index in [0.29, 0.717) is 0 Å². The molecule has 1 aromatic heterocycles. The molecule has 0 atom stereocenters. The van der Waals surface area contributed by atoms with Gasteiger partial charge in [0.15, 0.2) is 11.5 Å². The molecule has 1 spiro atoms. The van der Waals surface area contributed by atoms with Crippen LogP contribution in [0.5, 0.6) is 11.5 Å². The Bertz CT molecular complexity index is 3440. The van der Waals surface area contributed by atoms with E-state index in [9.17, 15) is 0 Å². The van der Waals surface area contributed by atoms with Crippen molar-refractivity contribution in [2.24, 2.45) is 0 Å². The molecule has 10 aromatic carbocycles. The van der Waals surface area contributed by atoms with Crippen molar-refractivity contribution in [1.29, 1.82) is 0 Å². The molecule has 0 saturated carbocycles. The van der Waals surface area contributed by atoms with Crippen LogP contribution in [0.2, 0.25) is 0 Å². The molecule has 1 aliphatic carbocycles. The Morgan fingerprint density at radius 1 is 0.318 bits per heavy atom. The van der Waals surface area contributed by atoms with Crippen LogP contribution in [0.1, 0.15) is 22.5 Å². The molecular weight excluding hydrogens is 803 g/mol. The summed E-state index contributed by atoms with van der Waals surface area (Å²) in [5.74, 6) is 2.39. The molecule has 0 radical (unpaired) electrons. The molecule has 310 valence electrons. The molecule has 13 rings (SSSR count). The van der Waals surface area contributed by atoms with Crippen molar-refractivity contribution in [3.05, 3.63) is 271 Å². The van der Waals surface area contributed by atoms with E-state index < -0.39 is 5.41 Å². The van der Waals surface area contributed by atoms with Gasteiger partial charge in [-0.25, -0.2) is 0 Å². The van der Waals surface area contributed by atoms with Gasteiger partial charge < -0.3 is 14.1 Å². The molecule has 0 fully saturated rings. The summed E-state index contributed by atoms with van der Waals surface area (Å²) in [6, 6.07) is 88.9. The van der Waals surface area contributed by atoms with Gasteiger partial charge in [-0.15, -0.1) is 0 Å². The third-order valence-corrected chi connectivity index (χ3v) is 13.6. The molecule has 0 N–H and O–H groups in total. The van der Waals surface area contributed by atoms with Crippen LogP contribution in [-0.2, 0) is 5.41 Å². The lowest BCUT2D eigenvalue weighted by atomic mass is 9.69. The van der Waals surface area contributed by atoms with E-state index >= 15 is 0 Å². The summed E-state index contributed by atoms with van der Waals surface area (Å²) in [4.78, 5) is 2.34. The van der Waals surface area contributed by atoms with Crippen LogP contribution >= 0.6 is 0 Å². The van der Waals surface area contributed by atoms with Crippen LogP contribution < -0.4 is 9.64 Å². The largest absolute Gasteiger partial charge is 0.455 e. The minimum atomic E-state index is -0.687. The first-order chi connectivity index (χ1) is 32.7. The smallest absolute Gasteiger partial charge is 0.178 e. The lowest BCUT2D eigenvalue weighted by Crippen LogP contribution is -2.31. The summed E-state index contributed by atoms with van der Waals surface area (Å²) >= 11 is 0. The van der Waals surface area contributed by atoms with E-state index in [-0.39, 0.29) is 0 Å². The predicted octanol–water partition coefficient (Wildman–Crippen LogP) is 17.0. The monoisotopic (exact) mass is 843 g/mol. The second kappa shape index (κ2) is 15.3. The van der Waals surface area contributed by atoms with Crippen molar-refractivity contribution in [2.75, 3.05) is 4.90 Å². The molecule has 3 nitrogen and oxygen atoms in total. The van der Waals surface area contributed by atoms with Crippen LogP contribution in [-0.4, -0.2) is 0 Å². The zero-order chi connectivity index (χ0) is 43.6. The molecular formula is C63H41NO2. The number of ether oxygens (including phenoxy) is 1. The van der Waals surface area contributed by atoms with Crippen molar-refractivity contribution >= 4 is 28.0 Å². The Morgan fingerprint density at radius 2 is 0.712 bits per heavy atom. The fourth-order valence-corrected chi connectivity index (χ4v) is 10.7.